The molecule has 0 aromatic rings. The molecule has 0 saturated carbocycles. The highest BCUT2D eigenvalue weighted by molar-refractivity contribution is 7.70. The van der Waals surface area contributed by atoms with E-state index in [1.165, 1.54) is 4.31 Å². The minimum atomic E-state index is -2.54. The zero-order chi connectivity index (χ0) is 11.1. The Morgan fingerprint density at radius 1 is 1.40 bits per heavy atom. The Morgan fingerprint density at radius 3 is 2.60 bits per heavy atom. The first-order valence-corrected chi connectivity index (χ1v) is 6.15. The molecule has 0 bridgehead atoms. The van der Waals surface area contributed by atoms with Crippen molar-refractivity contribution in [3.63, 3.8) is 0 Å². The fourth-order valence-corrected chi connectivity index (χ4v) is 2.09. The molecule has 0 unspecified atom stereocenters. The second-order valence-electron chi connectivity index (χ2n) is 3.49. The van der Waals surface area contributed by atoms with E-state index < -0.39 is 10.9 Å². The molecule has 1 heterocycles. The molecule has 4 nitrogen and oxygen atoms in total. The van der Waals surface area contributed by atoms with Crippen molar-refractivity contribution in [3.8, 4) is 0 Å². The fraction of sp³-hybridized carbons (Fsp3) is 0.600. The van der Waals surface area contributed by atoms with Crippen LogP contribution in [0.4, 0.5) is 0 Å². The van der Waals surface area contributed by atoms with E-state index in [0.29, 0.717) is 12.5 Å². The van der Waals surface area contributed by atoms with E-state index in [1.54, 1.807) is 18.4 Å². The van der Waals surface area contributed by atoms with Crippen molar-refractivity contribution in [1.82, 2.24) is 4.31 Å². The standard InChI is InChI=1S/C10H17NO3S/c1-2-3-6-11(15(12)13)9-10-4-7-14-8-5-10/h2-3,6,10,15H,1,4-5,7-9H2/b6-3+. The summed E-state index contributed by atoms with van der Waals surface area (Å²) in [7, 11) is -2.54. The highest BCUT2D eigenvalue weighted by Crippen LogP contribution is 2.16. The molecule has 0 aromatic carbocycles. The van der Waals surface area contributed by atoms with E-state index in [1.807, 2.05) is 0 Å². The summed E-state index contributed by atoms with van der Waals surface area (Å²) in [5, 5.41) is 0. The van der Waals surface area contributed by atoms with Crippen LogP contribution < -0.4 is 0 Å². The maximum Gasteiger partial charge on any atom is 0.224 e. The van der Waals surface area contributed by atoms with Gasteiger partial charge in [-0.3, -0.25) is 4.31 Å². The predicted molar refractivity (Wildman–Crippen MR) is 59.9 cm³/mol. The van der Waals surface area contributed by atoms with Gasteiger partial charge in [-0.2, -0.15) is 0 Å². The van der Waals surface area contributed by atoms with Crippen molar-refractivity contribution in [2.24, 2.45) is 5.92 Å². The lowest BCUT2D eigenvalue weighted by molar-refractivity contribution is 0.0631. The number of rotatable bonds is 5. The summed E-state index contributed by atoms with van der Waals surface area (Å²) < 4.78 is 28.4. The summed E-state index contributed by atoms with van der Waals surface area (Å²) in [6, 6.07) is 0. The minimum Gasteiger partial charge on any atom is -0.381 e. The van der Waals surface area contributed by atoms with E-state index in [4.69, 9.17) is 4.74 Å². The zero-order valence-electron chi connectivity index (χ0n) is 8.67. The van der Waals surface area contributed by atoms with Crippen molar-refractivity contribution in [2.45, 2.75) is 12.8 Å². The highest BCUT2D eigenvalue weighted by Gasteiger charge is 2.16. The first-order chi connectivity index (χ1) is 7.24. The van der Waals surface area contributed by atoms with E-state index in [2.05, 4.69) is 6.58 Å². The zero-order valence-corrected chi connectivity index (χ0v) is 9.57. The van der Waals surface area contributed by atoms with Gasteiger partial charge >= 0.3 is 0 Å². The Morgan fingerprint density at radius 2 is 2.07 bits per heavy atom. The lowest BCUT2D eigenvalue weighted by Gasteiger charge is -2.25. The third-order valence-electron chi connectivity index (χ3n) is 2.39. The molecule has 1 aliphatic heterocycles. The summed E-state index contributed by atoms with van der Waals surface area (Å²) in [5.74, 6) is 0.404. The third-order valence-corrected chi connectivity index (χ3v) is 3.11. The number of allylic oxidation sites excluding steroid dienone is 2. The van der Waals surface area contributed by atoms with Crippen LogP contribution in [0.3, 0.4) is 0 Å². The largest absolute Gasteiger partial charge is 0.381 e. The van der Waals surface area contributed by atoms with E-state index >= 15 is 0 Å². The highest BCUT2D eigenvalue weighted by atomic mass is 32.2. The van der Waals surface area contributed by atoms with E-state index in [9.17, 15) is 8.42 Å². The molecular formula is C10H17NO3S. The maximum absolute atomic E-state index is 10.9. The van der Waals surface area contributed by atoms with Gasteiger partial charge in [0.25, 0.3) is 0 Å². The van der Waals surface area contributed by atoms with Crippen LogP contribution in [0.5, 0.6) is 0 Å². The van der Waals surface area contributed by atoms with Gasteiger partial charge in [-0.05, 0) is 24.8 Å². The third kappa shape index (κ3) is 4.48. The summed E-state index contributed by atoms with van der Waals surface area (Å²) in [6.07, 6.45) is 6.61. The summed E-state index contributed by atoms with van der Waals surface area (Å²) in [4.78, 5) is 0. The molecular weight excluding hydrogens is 214 g/mol. The van der Waals surface area contributed by atoms with E-state index in [-0.39, 0.29) is 0 Å². The van der Waals surface area contributed by atoms with Crippen LogP contribution in [0.2, 0.25) is 0 Å². The van der Waals surface area contributed by atoms with E-state index in [0.717, 1.165) is 26.1 Å². The van der Waals surface area contributed by atoms with Gasteiger partial charge in [-0.1, -0.05) is 12.7 Å². The molecule has 1 fully saturated rings. The Hall–Kier alpha value is -0.810. The molecule has 0 aromatic heterocycles. The average Bonchev–Trinajstić information content (AvgIpc) is 2.25. The van der Waals surface area contributed by atoms with Gasteiger partial charge in [0.2, 0.25) is 10.9 Å². The van der Waals surface area contributed by atoms with Crippen LogP contribution >= 0.6 is 0 Å². The molecule has 0 radical (unpaired) electrons. The molecule has 0 N–H and O–H groups in total. The Balaban J connectivity index is 2.49. The van der Waals surface area contributed by atoms with Crippen LogP contribution in [0, 0.1) is 5.92 Å². The van der Waals surface area contributed by atoms with Crippen LogP contribution in [0.15, 0.2) is 24.9 Å². The number of thiol groups is 1. The molecule has 0 amide bonds. The van der Waals surface area contributed by atoms with Gasteiger partial charge in [0.15, 0.2) is 0 Å². The van der Waals surface area contributed by atoms with Gasteiger partial charge in [-0.15, -0.1) is 0 Å². The maximum atomic E-state index is 10.9. The molecule has 1 saturated heterocycles. The number of hydrogen-bond acceptors (Lipinski definition) is 3. The predicted octanol–water partition coefficient (Wildman–Crippen LogP) is 0.941. The molecule has 0 atom stereocenters. The van der Waals surface area contributed by atoms with Crippen molar-refractivity contribution in [3.05, 3.63) is 24.9 Å². The van der Waals surface area contributed by atoms with Crippen molar-refractivity contribution in [1.29, 1.82) is 0 Å². The summed E-state index contributed by atoms with van der Waals surface area (Å²) in [6.45, 7) is 5.53. The molecule has 0 spiro atoms. The number of hydrogen-bond donors (Lipinski definition) is 1. The monoisotopic (exact) mass is 231 g/mol. The lowest BCUT2D eigenvalue weighted by Crippen LogP contribution is -2.28. The first-order valence-electron chi connectivity index (χ1n) is 5.02. The fourth-order valence-electron chi connectivity index (χ4n) is 1.54. The van der Waals surface area contributed by atoms with Gasteiger partial charge in [0, 0.05) is 26.0 Å². The molecule has 1 aliphatic rings. The van der Waals surface area contributed by atoms with Crippen molar-refractivity contribution < 1.29 is 13.2 Å². The van der Waals surface area contributed by atoms with Crippen LogP contribution in [-0.4, -0.2) is 32.5 Å². The SMILES string of the molecule is C=C/C=C/N(CC1CCOCC1)[SH](=O)=O. The minimum absolute atomic E-state index is 0.404. The summed E-state index contributed by atoms with van der Waals surface area (Å²) >= 11 is 0. The smallest absolute Gasteiger partial charge is 0.224 e. The second-order valence-corrected chi connectivity index (χ2v) is 4.48. The first kappa shape index (κ1) is 12.3. The summed E-state index contributed by atoms with van der Waals surface area (Å²) in [5.41, 5.74) is 0. The topological polar surface area (TPSA) is 46.6 Å². The Labute approximate surface area is 92.3 Å². The number of nitrogens with zero attached hydrogens (tertiary/aromatic N) is 1. The number of ether oxygens (including phenoxy) is 1. The van der Waals surface area contributed by atoms with Crippen LogP contribution in [0.25, 0.3) is 0 Å². The average molecular weight is 231 g/mol. The quantitative estimate of drug-likeness (QED) is 0.566. The van der Waals surface area contributed by atoms with Crippen molar-refractivity contribution in [2.75, 3.05) is 19.8 Å². The Kier molecular flexibility index (Phi) is 5.42. The molecule has 86 valence electrons. The van der Waals surface area contributed by atoms with Gasteiger partial charge in [0.05, 0.1) is 0 Å². The van der Waals surface area contributed by atoms with Gasteiger partial charge < -0.3 is 4.74 Å². The van der Waals surface area contributed by atoms with Gasteiger partial charge in [-0.25, -0.2) is 8.42 Å². The molecule has 1 rings (SSSR count). The van der Waals surface area contributed by atoms with Crippen molar-refractivity contribution >= 4 is 10.9 Å². The lowest BCUT2D eigenvalue weighted by atomic mass is 10.0. The normalized spacial score (nSPS) is 18.5. The Bertz CT molecular complexity index is 285. The van der Waals surface area contributed by atoms with Gasteiger partial charge in [0.1, 0.15) is 0 Å². The van der Waals surface area contributed by atoms with Crippen LogP contribution in [-0.2, 0) is 15.6 Å². The second kappa shape index (κ2) is 6.63. The molecule has 0 aliphatic carbocycles. The molecule has 5 heteroatoms. The van der Waals surface area contributed by atoms with Crippen LogP contribution in [0.1, 0.15) is 12.8 Å². The molecule has 15 heavy (non-hydrogen) atoms.